The molecule has 1 aromatic rings. The van der Waals surface area contributed by atoms with E-state index >= 15 is 0 Å². The molecule has 1 aliphatic rings. The highest BCUT2D eigenvalue weighted by atomic mass is 16.5. The quantitative estimate of drug-likeness (QED) is 0.139. The number of nitrogens with zero attached hydrogens (tertiary/aromatic N) is 2. The van der Waals surface area contributed by atoms with Gasteiger partial charge in [-0.15, -0.1) is 0 Å². The van der Waals surface area contributed by atoms with Crippen molar-refractivity contribution in [1.29, 1.82) is 0 Å². The second-order valence-electron chi connectivity index (χ2n) is 15.3. The van der Waals surface area contributed by atoms with Gasteiger partial charge in [-0.3, -0.25) is 19.2 Å². The Balaban J connectivity index is 2.24. The molecule has 53 heavy (non-hydrogen) atoms. The number of carbonyl (C=O) groups is 5. The van der Waals surface area contributed by atoms with Crippen LogP contribution in [0.4, 0.5) is 0 Å². The summed E-state index contributed by atoms with van der Waals surface area (Å²) in [7, 11) is 6.47. The maximum absolute atomic E-state index is 14.1. The third-order valence-electron chi connectivity index (χ3n) is 10.9. The van der Waals surface area contributed by atoms with Gasteiger partial charge in [-0.25, -0.2) is 4.79 Å². The largest absolute Gasteiger partial charge is 0.480 e. The number of likely N-dealkylation sites (tertiary alicyclic amines) is 1. The third-order valence-corrected chi connectivity index (χ3v) is 10.9. The van der Waals surface area contributed by atoms with E-state index in [4.69, 9.17) is 9.47 Å². The fraction of sp³-hybridized carbons (Fsp3) is 0.725. The number of ether oxygens (including phenoxy) is 2. The maximum Gasteiger partial charge on any atom is 0.326 e. The van der Waals surface area contributed by atoms with E-state index in [1.54, 1.807) is 30.8 Å². The number of aliphatic carboxylic acids is 1. The van der Waals surface area contributed by atoms with Crippen LogP contribution in [0, 0.1) is 23.7 Å². The Morgan fingerprint density at radius 1 is 0.925 bits per heavy atom. The first kappa shape index (κ1) is 45.6. The summed E-state index contributed by atoms with van der Waals surface area (Å²) in [5, 5.41) is 18.6. The normalized spacial score (nSPS) is 19.1. The molecular formula is C40H67N5O8. The van der Waals surface area contributed by atoms with Crippen molar-refractivity contribution in [3.05, 3.63) is 35.9 Å². The predicted molar refractivity (Wildman–Crippen MR) is 205 cm³/mol. The molecule has 4 amide bonds. The standard InChI is InChI=1S/C40H67N5O8/c1-12-26(6)35(44(9)39(49)34(25(4)5)43-38(48)33(41-8)24(2)3)31(52-10)23-32(46)45-22-16-19-30(45)36(53-11)27(7)37(47)42-29(40(50)51)21-20-28-17-14-13-15-18-28/h13-15,17-18,24-27,29-31,33-36,41H,12,16,19-23H2,1-11H3,(H,42,47)(H,43,48)(H,50,51)/t26-,27+,29+,30-,31+,33-,34-,35?,36+/m0/s1. The van der Waals surface area contributed by atoms with Gasteiger partial charge in [0.05, 0.1) is 42.7 Å². The molecule has 1 aliphatic heterocycles. The van der Waals surface area contributed by atoms with Crippen molar-refractivity contribution in [2.24, 2.45) is 23.7 Å². The van der Waals surface area contributed by atoms with Gasteiger partial charge in [0, 0.05) is 27.8 Å². The Kier molecular flexibility index (Phi) is 18.9. The lowest BCUT2D eigenvalue weighted by Gasteiger charge is -2.41. The van der Waals surface area contributed by atoms with Gasteiger partial charge in [-0.2, -0.15) is 0 Å². The van der Waals surface area contributed by atoms with Crippen LogP contribution >= 0.6 is 0 Å². The molecule has 0 bridgehead atoms. The van der Waals surface area contributed by atoms with Gasteiger partial charge < -0.3 is 40.3 Å². The smallest absolute Gasteiger partial charge is 0.326 e. The molecule has 0 aromatic heterocycles. The van der Waals surface area contributed by atoms with Crippen molar-refractivity contribution < 1.29 is 38.6 Å². The van der Waals surface area contributed by atoms with E-state index in [-0.39, 0.29) is 48.3 Å². The SMILES string of the molecule is CC[C@H](C)C([C@@H](CC(=O)N1CCC[C@H]1[C@H](OC)[C@@H](C)C(=O)N[C@H](CCc1ccccc1)C(=O)O)OC)N(C)C(=O)[C@@H](NC(=O)[C@@H](NC)C(C)C)C(C)C. The number of carboxylic acids is 1. The molecule has 13 nitrogen and oxygen atoms in total. The highest BCUT2D eigenvalue weighted by molar-refractivity contribution is 5.90. The number of hydrogen-bond donors (Lipinski definition) is 4. The molecule has 300 valence electrons. The number of carbonyl (C=O) groups excluding carboxylic acids is 4. The van der Waals surface area contributed by atoms with Crippen LogP contribution in [-0.4, -0.2) is 122 Å². The molecule has 0 aliphatic carbocycles. The molecule has 9 atom stereocenters. The summed E-state index contributed by atoms with van der Waals surface area (Å²) in [6, 6.07) is 6.30. The van der Waals surface area contributed by atoms with E-state index in [0.717, 1.165) is 12.0 Å². The molecule has 0 saturated carbocycles. The van der Waals surface area contributed by atoms with Gasteiger partial charge in [-0.05, 0) is 56.0 Å². The average molecular weight is 746 g/mol. The number of likely N-dealkylation sites (N-methyl/N-ethyl adjacent to an activating group) is 2. The van der Waals surface area contributed by atoms with Crippen molar-refractivity contribution in [2.75, 3.05) is 34.9 Å². The summed E-state index contributed by atoms with van der Waals surface area (Å²) in [5.74, 6) is -3.21. The van der Waals surface area contributed by atoms with Gasteiger partial charge in [0.15, 0.2) is 0 Å². The van der Waals surface area contributed by atoms with Crippen LogP contribution in [0.25, 0.3) is 0 Å². The summed E-state index contributed by atoms with van der Waals surface area (Å²) in [4.78, 5) is 70.4. The summed E-state index contributed by atoms with van der Waals surface area (Å²) in [5.41, 5.74) is 0.979. The van der Waals surface area contributed by atoms with Gasteiger partial charge in [0.25, 0.3) is 0 Å². The van der Waals surface area contributed by atoms with Crippen LogP contribution in [0.2, 0.25) is 0 Å². The Labute approximate surface area is 317 Å². The van der Waals surface area contributed by atoms with Gasteiger partial charge in [-0.1, -0.05) is 85.2 Å². The second kappa shape index (κ2) is 22.0. The minimum Gasteiger partial charge on any atom is -0.480 e. The van der Waals surface area contributed by atoms with Crippen LogP contribution in [-0.2, 0) is 39.9 Å². The number of benzene rings is 1. The summed E-state index contributed by atoms with van der Waals surface area (Å²) >= 11 is 0. The molecule has 4 N–H and O–H groups in total. The zero-order chi connectivity index (χ0) is 40.0. The summed E-state index contributed by atoms with van der Waals surface area (Å²) < 4.78 is 11.9. The van der Waals surface area contributed by atoms with Crippen molar-refractivity contribution in [1.82, 2.24) is 25.8 Å². The van der Waals surface area contributed by atoms with E-state index in [0.29, 0.717) is 25.8 Å². The van der Waals surface area contributed by atoms with E-state index < -0.39 is 60.2 Å². The van der Waals surface area contributed by atoms with Crippen molar-refractivity contribution in [2.45, 2.75) is 129 Å². The number of carboxylic acid groups (broad SMARTS) is 1. The van der Waals surface area contributed by atoms with Crippen LogP contribution < -0.4 is 16.0 Å². The number of nitrogens with one attached hydrogen (secondary N) is 3. The molecule has 0 spiro atoms. The van der Waals surface area contributed by atoms with Crippen LogP contribution in [0.3, 0.4) is 0 Å². The Bertz CT molecular complexity index is 1330. The van der Waals surface area contributed by atoms with Gasteiger partial charge in [0.2, 0.25) is 23.6 Å². The number of hydrogen-bond acceptors (Lipinski definition) is 8. The van der Waals surface area contributed by atoms with E-state index in [2.05, 4.69) is 16.0 Å². The highest BCUT2D eigenvalue weighted by Gasteiger charge is 2.43. The van der Waals surface area contributed by atoms with Crippen molar-refractivity contribution in [3.8, 4) is 0 Å². The van der Waals surface area contributed by atoms with Gasteiger partial charge >= 0.3 is 5.97 Å². The monoisotopic (exact) mass is 745 g/mol. The lowest BCUT2D eigenvalue weighted by Crippen LogP contribution is -2.59. The molecule has 2 rings (SSSR count). The highest BCUT2D eigenvalue weighted by Crippen LogP contribution is 2.30. The fourth-order valence-electron chi connectivity index (χ4n) is 7.57. The maximum atomic E-state index is 14.1. The average Bonchev–Trinajstić information content (AvgIpc) is 3.61. The second-order valence-corrected chi connectivity index (χ2v) is 15.3. The van der Waals surface area contributed by atoms with E-state index in [9.17, 15) is 29.1 Å². The molecule has 1 aromatic carbocycles. The molecule has 1 fully saturated rings. The van der Waals surface area contributed by atoms with Crippen LogP contribution in [0.15, 0.2) is 30.3 Å². The van der Waals surface area contributed by atoms with Gasteiger partial charge in [0.1, 0.15) is 12.1 Å². The van der Waals surface area contributed by atoms with Crippen LogP contribution in [0.1, 0.15) is 86.1 Å². The lowest BCUT2D eigenvalue weighted by molar-refractivity contribution is -0.148. The van der Waals surface area contributed by atoms with Crippen molar-refractivity contribution >= 4 is 29.6 Å². The van der Waals surface area contributed by atoms with E-state index in [1.807, 2.05) is 71.9 Å². The zero-order valence-electron chi connectivity index (χ0n) is 33.9. The first-order chi connectivity index (χ1) is 25.0. The number of rotatable bonds is 22. The first-order valence-electron chi connectivity index (χ1n) is 19.2. The molecule has 0 radical (unpaired) electrons. The topological polar surface area (TPSA) is 167 Å². The fourth-order valence-corrected chi connectivity index (χ4v) is 7.57. The number of methoxy groups -OCH3 is 2. The Morgan fingerprint density at radius 2 is 1.55 bits per heavy atom. The minimum absolute atomic E-state index is 0.00883. The lowest BCUT2D eigenvalue weighted by atomic mass is 9.89. The predicted octanol–water partition coefficient (Wildman–Crippen LogP) is 3.49. The number of amides is 4. The molecule has 13 heteroatoms. The van der Waals surface area contributed by atoms with Crippen molar-refractivity contribution in [3.63, 3.8) is 0 Å². The molecule has 1 unspecified atom stereocenters. The van der Waals surface area contributed by atoms with Crippen LogP contribution in [0.5, 0.6) is 0 Å². The Morgan fingerprint density at radius 3 is 2.06 bits per heavy atom. The minimum atomic E-state index is -1.11. The zero-order valence-corrected chi connectivity index (χ0v) is 33.9. The van der Waals surface area contributed by atoms with E-state index in [1.165, 1.54) is 14.2 Å². The summed E-state index contributed by atoms with van der Waals surface area (Å²) in [6.45, 7) is 13.9. The number of aryl methyl sites for hydroxylation is 1. The molecule has 1 saturated heterocycles. The third kappa shape index (κ3) is 12.5. The molecular weight excluding hydrogens is 678 g/mol. The summed E-state index contributed by atoms with van der Waals surface area (Å²) in [6.07, 6.45) is 1.43. The molecule has 1 heterocycles. The Hall–Kier alpha value is -3.55. The first-order valence-corrected chi connectivity index (χ1v) is 19.2.